The summed E-state index contributed by atoms with van der Waals surface area (Å²) in [4.78, 5) is 9.69. The van der Waals surface area contributed by atoms with Gasteiger partial charge in [0.2, 0.25) is 10.0 Å². The van der Waals surface area contributed by atoms with Gasteiger partial charge in [0.05, 0.1) is 11.0 Å². The molecule has 9 heteroatoms. The summed E-state index contributed by atoms with van der Waals surface area (Å²) in [5.41, 5.74) is -0.529. The normalized spacial score (nSPS) is 22.4. The Morgan fingerprint density at radius 2 is 2.14 bits per heavy atom. The second-order valence-electron chi connectivity index (χ2n) is 4.98. The zero-order chi connectivity index (χ0) is 15.6. The Morgan fingerprint density at radius 3 is 2.71 bits per heavy atom. The molecule has 0 aromatic heterocycles. The van der Waals surface area contributed by atoms with Crippen LogP contribution in [0.15, 0.2) is 23.1 Å². The van der Waals surface area contributed by atoms with Crippen LogP contribution in [0.4, 0.5) is 5.69 Å². The Bertz CT molecular complexity index is 649. The fourth-order valence-electron chi connectivity index (χ4n) is 2.40. The van der Waals surface area contributed by atoms with Crippen molar-refractivity contribution in [1.29, 1.82) is 0 Å². The third-order valence-electron chi connectivity index (χ3n) is 3.56. The van der Waals surface area contributed by atoms with E-state index in [2.05, 4.69) is 4.72 Å². The van der Waals surface area contributed by atoms with E-state index in [0.29, 0.717) is 6.42 Å². The van der Waals surface area contributed by atoms with Crippen LogP contribution in [0, 0.1) is 16.0 Å². The minimum atomic E-state index is -4.06. The number of nitrogens with one attached hydrogen (secondary N) is 1. The molecule has 1 aromatic rings. The lowest BCUT2D eigenvalue weighted by Gasteiger charge is -2.15. The van der Waals surface area contributed by atoms with Gasteiger partial charge in [0, 0.05) is 17.6 Å². The molecule has 0 bridgehead atoms. The third kappa shape index (κ3) is 3.70. The third-order valence-corrected chi connectivity index (χ3v) is 5.25. The van der Waals surface area contributed by atoms with Crippen molar-refractivity contribution in [3.8, 4) is 0 Å². The summed E-state index contributed by atoms with van der Waals surface area (Å²) < 4.78 is 26.8. The lowest BCUT2D eigenvalue weighted by molar-refractivity contribution is -0.387. The maximum atomic E-state index is 12.2. The molecule has 1 aliphatic carbocycles. The Kier molecular flexibility index (Phi) is 4.82. The van der Waals surface area contributed by atoms with Crippen molar-refractivity contribution in [3.63, 3.8) is 0 Å². The van der Waals surface area contributed by atoms with E-state index in [4.69, 9.17) is 11.6 Å². The van der Waals surface area contributed by atoms with Crippen molar-refractivity contribution in [2.45, 2.75) is 30.3 Å². The van der Waals surface area contributed by atoms with Crippen LogP contribution in [0.1, 0.15) is 19.3 Å². The number of hydrogen-bond acceptors (Lipinski definition) is 5. The number of rotatable bonds is 5. The van der Waals surface area contributed by atoms with Crippen LogP contribution in [0.5, 0.6) is 0 Å². The number of sulfonamides is 1. The molecule has 0 heterocycles. The van der Waals surface area contributed by atoms with Crippen LogP contribution in [-0.4, -0.2) is 31.1 Å². The molecule has 1 aliphatic rings. The predicted octanol–water partition coefficient (Wildman–Crippen LogP) is 1.69. The Balaban J connectivity index is 2.23. The summed E-state index contributed by atoms with van der Waals surface area (Å²) >= 11 is 5.72. The van der Waals surface area contributed by atoms with Crippen molar-refractivity contribution in [2.24, 2.45) is 5.92 Å². The number of halogens is 1. The molecule has 2 N–H and O–H groups in total. The first kappa shape index (κ1) is 16.2. The highest BCUT2D eigenvalue weighted by Crippen LogP contribution is 2.28. The van der Waals surface area contributed by atoms with Crippen LogP contribution in [0.3, 0.4) is 0 Å². The van der Waals surface area contributed by atoms with Crippen molar-refractivity contribution in [2.75, 3.05) is 6.54 Å². The summed E-state index contributed by atoms with van der Waals surface area (Å²) in [6, 6.07) is 3.37. The molecule has 1 fully saturated rings. The molecule has 2 rings (SSSR count). The number of aliphatic hydroxyl groups is 1. The van der Waals surface area contributed by atoms with Gasteiger partial charge < -0.3 is 5.11 Å². The molecule has 21 heavy (non-hydrogen) atoms. The van der Waals surface area contributed by atoms with E-state index in [1.165, 1.54) is 6.07 Å². The van der Waals surface area contributed by atoms with E-state index in [0.717, 1.165) is 25.0 Å². The van der Waals surface area contributed by atoms with Gasteiger partial charge in [0.15, 0.2) is 4.90 Å². The predicted molar refractivity (Wildman–Crippen MR) is 76.6 cm³/mol. The van der Waals surface area contributed by atoms with Gasteiger partial charge in [0.1, 0.15) is 0 Å². The molecule has 7 nitrogen and oxygen atoms in total. The minimum Gasteiger partial charge on any atom is -0.393 e. The summed E-state index contributed by atoms with van der Waals surface area (Å²) in [5, 5.41) is 20.7. The quantitative estimate of drug-likeness (QED) is 0.629. The minimum absolute atomic E-state index is 0.0488. The zero-order valence-electron chi connectivity index (χ0n) is 11.0. The Labute approximate surface area is 127 Å². The molecule has 0 saturated heterocycles. The SMILES string of the molecule is O=[N+]([O-])c1ccc(Cl)cc1S(=O)(=O)NC[C@H]1CCC[C@H]1O. The van der Waals surface area contributed by atoms with E-state index in [-0.39, 0.29) is 17.5 Å². The summed E-state index contributed by atoms with van der Waals surface area (Å²) in [6.07, 6.45) is 1.66. The number of aliphatic hydroxyl groups excluding tert-OH is 1. The Morgan fingerprint density at radius 1 is 1.43 bits per heavy atom. The molecule has 0 radical (unpaired) electrons. The molecule has 116 valence electrons. The summed E-state index contributed by atoms with van der Waals surface area (Å²) in [7, 11) is -4.06. The van der Waals surface area contributed by atoms with E-state index in [9.17, 15) is 23.6 Å². The first-order valence-corrected chi connectivity index (χ1v) is 8.29. The molecule has 0 aliphatic heterocycles. The lowest BCUT2D eigenvalue weighted by Crippen LogP contribution is -2.32. The fraction of sp³-hybridized carbons (Fsp3) is 0.500. The van der Waals surface area contributed by atoms with E-state index in [1.807, 2.05) is 0 Å². The summed E-state index contributed by atoms with van der Waals surface area (Å²) in [5.74, 6) is -0.169. The number of benzene rings is 1. The van der Waals surface area contributed by atoms with Gasteiger partial charge in [-0.05, 0) is 30.9 Å². The highest BCUT2D eigenvalue weighted by molar-refractivity contribution is 7.89. The zero-order valence-corrected chi connectivity index (χ0v) is 12.6. The van der Waals surface area contributed by atoms with Crippen molar-refractivity contribution in [3.05, 3.63) is 33.3 Å². The first-order valence-electron chi connectivity index (χ1n) is 6.43. The van der Waals surface area contributed by atoms with Crippen LogP contribution in [0.25, 0.3) is 0 Å². The van der Waals surface area contributed by atoms with E-state index >= 15 is 0 Å². The smallest absolute Gasteiger partial charge is 0.289 e. The van der Waals surface area contributed by atoms with Gasteiger partial charge in [0.25, 0.3) is 5.69 Å². The standard InChI is InChI=1S/C12H15ClN2O5S/c13-9-4-5-10(15(17)18)12(6-9)21(19,20)14-7-8-2-1-3-11(8)16/h4-6,8,11,14,16H,1-3,7H2/t8-,11-/m1/s1. The average molecular weight is 335 g/mol. The highest BCUT2D eigenvalue weighted by atomic mass is 35.5. The largest absolute Gasteiger partial charge is 0.393 e. The average Bonchev–Trinajstić information content (AvgIpc) is 2.81. The number of hydrogen-bond donors (Lipinski definition) is 2. The lowest BCUT2D eigenvalue weighted by atomic mass is 10.1. The van der Waals surface area contributed by atoms with Gasteiger partial charge in [-0.2, -0.15) is 0 Å². The van der Waals surface area contributed by atoms with Crippen LogP contribution in [-0.2, 0) is 10.0 Å². The van der Waals surface area contributed by atoms with Gasteiger partial charge in [-0.25, -0.2) is 13.1 Å². The molecule has 0 unspecified atom stereocenters. The van der Waals surface area contributed by atoms with Crippen molar-refractivity contribution < 1.29 is 18.4 Å². The highest BCUT2D eigenvalue weighted by Gasteiger charge is 2.30. The molecule has 0 spiro atoms. The topological polar surface area (TPSA) is 110 Å². The first-order chi connectivity index (χ1) is 9.81. The van der Waals surface area contributed by atoms with E-state index in [1.54, 1.807) is 0 Å². The Hall–Kier alpha value is -1.22. The monoisotopic (exact) mass is 334 g/mol. The number of nitrogens with zero attached hydrogens (tertiary/aromatic N) is 1. The molecule has 2 atom stereocenters. The number of nitro groups is 1. The van der Waals surface area contributed by atoms with Crippen LogP contribution < -0.4 is 4.72 Å². The second-order valence-corrected chi connectivity index (χ2v) is 7.15. The number of nitro benzene ring substituents is 1. The van der Waals surface area contributed by atoms with E-state index < -0.39 is 31.6 Å². The molecule has 0 amide bonds. The second kappa shape index (κ2) is 6.27. The molecule has 1 saturated carbocycles. The van der Waals surface area contributed by atoms with Gasteiger partial charge in [-0.1, -0.05) is 18.0 Å². The van der Waals surface area contributed by atoms with Crippen LogP contribution >= 0.6 is 11.6 Å². The van der Waals surface area contributed by atoms with Crippen molar-refractivity contribution in [1.82, 2.24) is 4.72 Å². The van der Waals surface area contributed by atoms with Gasteiger partial charge in [-0.15, -0.1) is 0 Å². The molecular formula is C12H15ClN2O5S. The summed E-state index contributed by atoms with van der Waals surface area (Å²) in [6.45, 7) is 0.0488. The maximum Gasteiger partial charge on any atom is 0.289 e. The molecular weight excluding hydrogens is 320 g/mol. The van der Waals surface area contributed by atoms with Crippen molar-refractivity contribution >= 4 is 27.3 Å². The maximum absolute atomic E-state index is 12.2. The van der Waals surface area contributed by atoms with Crippen LogP contribution in [0.2, 0.25) is 5.02 Å². The fourth-order valence-corrected chi connectivity index (χ4v) is 3.93. The molecule has 1 aromatic carbocycles. The van der Waals surface area contributed by atoms with Gasteiger partial charge in [-0.3, -0.25) is 10.1 Å². The van der Waals surface area contributed by atoms with Gasteiger partial charge >= 0.3 is 0 Å².